The summed E-state index contributed by atoms with van der Waals surface area (Å²) in [5.41, 5.74) is 3.74. The van der Waals surface area contributed by atoms with Gasteiger partial charge < -0.3 is 9.42 Å². The number of rotatable bonds is 2. The van der Waals surface area contributed by atoms with E-state index in [0.717, 1.165) is 42.5 Å². The van der Waals surface area contributed by atoms with Crippen LogP contribution in [0.1, 0.15) is 24.1 Å². The van der Waals surface area contributed by atoms with Crippen molar-refractivity contribution in [1.82, 2.24) is 5.16 Å². The van der Waals surface area contributed by atoms with Crippen LogP contribution in [-0.4, -0.2) is 17.6 Å². The van der Waals surface area contributed by atoms with E-state index >= 15 is 0 Å². The Bertz CT molecular complexity index is 853. The van der Waals surface area contributed by atoms with Crippen molar-refractivity contribution >= 4 is 22.6 Å². The van der Waals surface area contributed by atoms with Gasteiger partial charge in [0.15, 0.2) is 5.58 Å². The summed E-state index contributed by atoms with van der Waals surface area (Å²) in [6.07, 6.45) is 3.45. The zero-order valence-electron chi connectivity index (χ0n) is 12.9. The first-order valence-electron chi connectivity index (χ1n) is 8.04. The highest BCUT2D eigenvalue weighted by atomic mass is 16.5. The van der Waals surface area contributed by atoms with E-state index in [0.29, 0.717) is 5.69 Å². The smallest absolute Gasteiger partial charge is 0.233 e. The molecule has 116 valence electrons. The van der Waals surface area contributed by atoms with E-state index in [9.17, 15) is 4.79 Å². The van der Waals surface area contributed by atoms with E-state index in [2.05, 4.69) is 11.2 Å². The maximum absolute atomic E-state index is 12.9. The number of aromatic nitrogens is 1. The van der Waals surface area contributed by atoms with Gasteiger partial charge in [-0.15, -0.1) is 0 Å². The first kappa shape index (κ1) is 14.0. The van der Waals surface area contributed by atoms with Crippen LogP contribution in [0.15, 0.2) is 53.1 Å². The topological polar surface area (TPSA) is 46.3 Å². The summed E-state index contributed by atoms with van der Waals surface area (Å²) in [5.74, 6) is 0.0819. The Labute approximate surface area is 134 Å². The van der Waals surface area contributed by atoms with Crippen molar-refractivity contribution < 1.29 is 9.32 Å². The van der Waals surface area contributed by atoms with Crippen LogP contribution >= 0.6 is 0 Å². The van der Waals surface area contributed by atoms with E-state index in [1.807, 2.05) is 47.4 Å². The van der Waals surface area contributed by atoms with Crippen molar-refractivity contribution in [3.8, 4) is 0 Å². The van der Waals surface area contributed by atoms with Gasteiger partial charge in [-0.25, -0.2) is 0 Å². The minimum atomic E-state index is 0.0819. The maximum Gasteiger partial charge on any atom is 0.233 e. The lowest BCUT2D eigenvalue weighted by molar-refractivity contribution is -0.118. The Kier molecular flexibility index (Phi) is 3.58. The number of nitrogens with zero attached hydrogens (tertiary/aromatic N) is 2. The van der Waals surface area contributed by atoms with Crippen LogP contribution < -0.4 is 4.90 Å². The van der Waals surface area contributed by atoms with Crippen LogP contribution in [0, 0.1) is 0 Å². The zero-order valence-corrected chi connectivity index (χ0v) is 12.9. The summed E-state index contributed by atoms with van der Waals surface area (Å²) in [6.45, 7) is 0.769. The molecular formula is C19H18N2O2. The summed E-state index contributed by atoms with van der Waals surface area (Å²) in [6, 6.07) is 15.9. The van der Waals surface area contributed by atoms with Gasteiger partial charge in [0, 0.05) is 17.6 Å². The summed E-state index contributed by atoms with van der Waals surface area (Å²) >= 11 is 0. The molecule has 0 atom stereocenters. The van der Waals surface area contributed by atoms with Gasteiger partial charge in [0.2, 0.25) is 5.91 Å². The molecule has 0 saturated heterocycles. The molecule has 0 unspecified atom stereocenters. The van der Waals surface area contributed by atoms with Crippen molar-refractivity contribution in [3.63, 3.8) is 0 Å². The van der Waals surface area contributed by atoms with Gasteiger partial charge in [0.1, 0.15) is 5.69 Å². The van der Waals surface area contributed by atoms with E-state index in [-0.39, 0.29) is 12.3 Å². The molecule has 1 aromatic heterocycles. The van der Waals surface area contributed by atoms with Crippen molar-refractivity contribution in [1.29, 1.82) is 0 Å². The molecular weight excluding hydrogens is 288 g/mol. The molecule has 4 rings (SSSR count). The molecule has 0 aliphatic carbocycles. The fourth-order valence-corrected chi connectivity index (χ4v) is 3.25. The lowest BCUT2D eigenvalue weighted by Crippen LogP contribution is -2.33. The van der Waals surface area contributed by atoms with Gasteiger partial charge in [0.25, 0.3) is 0 Å². The molecule has 0 radical (unpaired) electrons. The number of fused-ring (bicyclic) bond motifs is 2. The molecule has 2 heterocycles. The monoisotopic (exact) mass is 306 g/mol. The number of para-hydroxylation sites is 2. The second-order valence-electron chi connectivity index (χ2n) is 5.93. The highest BCUT2D eigenvalue weighted by Gasteiger charge is 2.22. The van der Waals surface area contributed by atoms with Crippen molar-refractivity contribution in [2.24, 2.45) is 0 Å². The average Bonchev–Trinajstić information content (AvgIpc) is 2.86. The van der Waals surface area contributed by atoms with Gasteiger partial charge in [-0.1, -0.05) is 35.5 Å². The third kappa shape index (κ3) is 2.61. The number of amides is 1. The Balaban J connectivity index is 1.64. The zero-order chi connectivity index (χ0) is 15.6. The summed E-state index contributed by atoms with van der Waals surface area (Å²) < 4.78 is 5.31. The van der Waals surface area contributed by atoms with E-state index < -0.39 is 0 Å². The summed E-state index contributed by atoms with van der Waals surface area (Å²) in [5, 5.41) is 5.01. The molecule has 23 heavy (non-hydrogen) atoms. The van der Waals surface area contributed by atoms with Crippen LogP contribution in [0.2, 0.25) is 0 Å². The molecule has 3 aromatic rings. The number of benzene rings is 2. The normalized spacial score (nSPS) is 14.5. The Morgan fingerprint density at radius 2 is 1.91 bits per heavy atom. The average molecular weight is 306 g/mol. The molecule has 0 spiro atoms. The van der Waals surface area contributed by atoms with Crippen LogP contribution in [-0.2, 0) is 17.6 Å². The second-order valence-corrected chi connectivity index (χ2v) is 5.93. The number of hydrogen-bond donors (Lipinski definition) is 0. The fourth-order valence-electron chi connectivity index (χ4n) is 3.25. The molecule has 2 aromatic carbocycles. The molecule has 4 heteroatoms. The molecule has 0 bridgehead atoms. The maximum atomic E-state index is 12.9. The number of carbonyl (C=O) groups excluding carboxylic acids is 1. The van der Waals surface area contributed by atoms with Gasteiger partial charge >= 0.3 is 0 Å². The molecule has 0 saturated carbocycles. The van der Waals surface area contributed by atoms with E-state index in [1.54, 1.807) is 0 Å². The third-order valence-corrected chi connectivity index (χ3v) is 4.43. The van der Waals surface area contributed by atoms with Crippen molar-refractivity contribution in [2.45, 2.75) is 25.7 Å². The van der Waals surface area contributed by atoms with Crippen LogP contribution in [0.4, 0.5) is 5.69 Å². The standard InChI is InChI=1S/C19H18N2O2/c22-19(13-16-15-9-2-4-11-18(15)23-20-16)21-12-6-5-8-14-7-1-3-10-17(14)21/h1-4,7,9-11H,5-6,8,12-13H2. The largest absolute Gasteiger partial charge is 0.356 e. The first-order chi connectivity index (χ1) is 11.3. The molecule has 0 N–H and O–H groups in total. The number of anilines is 1. The van der Waals surface area contributed by atoms with Gasteiger partial charge in [-0.2, -0.15) is 0 Å². The van der Waals surface area contributed by atoms with Crippen molar-refractivity contribution in [3.05, 3.63) is 59.8 Å². The quantitative estimate of drug-likeness (QED) is 0.724. The highest BCUT2D eigenvalue weighted by Crippen LogP contribution is 2.27. The Morgan fingerprint density at radius 1 is 1.09 bits per heavy atom. The third-order valence-electron chi connectivity index (χ3n) is 4.43. The number of aryl methyl sites for hydroxylation is 1. The molecule has 1 aliphatic heterocycles. The molecule has 1 amide bonds. The fraction of sp³-hybridized carbons (Fsp3) is 0.263. The van der Waals surface area contributed by atoms with Crippen LogP contribution in [0.3, 0.4) is 0 Å². The minimum absolute atomic E-state index is 0.0819. The lowest BCUT2D eigenvalue weighted by atomic mass is 10.1. The molecule has 1 aliphatic rings. The molecule has 4 nitrogen and oxygen atoms in total. The first-order valence-corrected chi connectivity index (χ1v) is 8.04. The van der Waals surface area contributed by atoms with Gasteiger partial charge in [-0.3, -0.25) is 4.79 Å². The second kappa shape index (κ2) is 5.88. The highest BCUT2D eigenvalue weighted by molar-refractivity contribution is 5.97. The Hall–Kier alpha value is -2.62. The number of carbonyl (C=O) groups is 1. The van der Waals surface area contributed by atoms with Crippen molar-refractivity contribution in [2.75, 3.05) is 11.4 Å². The Morgan fingerprint density at radius 3 is 2.87 bits per heavy atom. The van der Waals surface area contributed by atoms with Crippen LogP contribution in [0.5, 0.6) is 0 Å². The molecule has 0 fully saturated rings. The predicted molar refractivity (Wildman–Crippen MR) is 89.4 cm³/mol. The van der Waals surface area contributed by atoms with Gasteiger partial charge in [0.05, 0.1) is 6.42 Å². The summed E-state index contributed by atoms with van der Waals surface area (Å²) in [7, 11) is 0. The van der Waals surface area contributed by atoms with Gasteiger partial charge in [-0.05, 0) is 43.0 Å². The lowest BCUT2D eigenvalue weighted by Gasteiger charge is -2.22. The van der Waals surface area contributed by atoms with E-state index in [1.165, 1.54) is 5.56 Å². The SMILES string of the molecule is O=C(Cc1noc2ccccc12)N1CCCCc2ccccc21. The minimum Gasteiger partial charge on any atom is -0.356 e. The summed E-state index contributed by atoms with van der Waals surface area (Å²) in [4.78, 5) is 14.8. The predicted octanol–water partition coefficient (Wildman–Crippen LogP) is 3.74. The number of hydrogen-bond acceptors (Lipinski definition) is 3. The van der Waals surface area contributed by atoms with E-state index in [4.69, 9.17) is 4.52 Å². The van der Waals surface area contributed by atoms with Crippen LogP contribution in [0.25, 0.3) is 11.0 Å².